The molecular formula is C26H27ClF2N2O7S. The van der Waals surface area contributed by atoms with Gasteiger partial charge in [-0.2, -0.15) is 0 Å². The van der Waals surface area contributed by atoms with Crippen LogP contribution in [-0.2, 0) is 14.6 Å². The highest BCUT2D eigenvalue weighted by molar-refractivity contribution is 7.92. The predicted octanol–water partition coefficient (Wildman–Crippen LogP) is 3.38. The number of carbonyl (C=O) groups is 2. The molecule has 13 heteroatoms. The van der Waals surface area contributed by atoms with Crippen molar-refractivity contribution in [1.82, 2.24) is 4.90 Å². The molecule has 0 radical (unpaired) electrons. The average molecular weight is 585 g/mol. The maximum Gasteiger partial charge on any atom is 0.410 e. The van der Waals surface area contributed by atoms with E-state index in [1.165, 1.54) is 23.1 Å². The van der Waals surface area contributed by atoms with Crippen molar-refractivity contribution < 1.29 is 41.7 Å². The second kappa shape index (κ2) is 10.3. The minimum Gasteiger partial charge on any atom is -0.448 e. The Morgan fingerprint density at radius 1 is 1.15 bits per heavy atom. The Balaban J connectivity index is 1.34. The third-order valence-electron chi connectivity index (χ3n) is 8.15. The Kier molecular flexibility index (Phi) is 7.34. The van der Waals surface area contributed by atoms with Gasteiger partial charge in [-0.1, -0.05) is 11.6 Å². The number of β-amino-alcohol motifs (C(OH)–C–C–N with tert-alkyl or cyclic N) is 1. The number of halogens is 3. The largest absolute Gasteiger partial charge is 0.448 e. The Morgan fingerprint density at radius 3 is 2.46 bits per heavy atom. The second-order valence-corrected chi connectivity index (χ2v) is 12.9. The lowest BCUT2D eigenvalue weighted by Gasteiger charge is -2.45. The number of aliphatic hydroxyl groups excluding tert-OH is 1. The number of amides is 2. The molecule has 2 aliphatic carbocycles. The Bertz CT molecular complexity index is 1410. The van der Waals surface area contributed by atoms with E-state index in [2.05, 4.69) is 5.32 Å². The van der Waals surface area contributed by atoms with Crippen LogP contribution in [0.4, 0.5) is 19.3 Å². The van der Waals surface area contributed by atoms with Crippen molar-refractivity contribution in [2.75, 3.05) is 25.0 Å². The molecule has 1 saturated heterocycles. The number of fused-ring (bicyclic) bond motifs is 2. The molecule has 5 rings (SSSR count). The van der Waals surface area contributed by atoms with Gasteiger partial charge < -0.3 is 25.2 Å². The zero-order valence-electron chi connectivity index (χ0n) is 20.6. The average Bonchev–Trinajstić information content (AvgIpc) is 3.33. The minimum absolute atomic E-state index is 0.0119. The van der Waals surface area contributed by atoms with E-state index in [9.17, 15) is 37.0 Å². The third kappa shape index (κ3) is 4.99. The number of nitrogens with zero attached hydrogens (tertiary/aromatic N) is 1. The van der Waals surface area contributed by atoms with Gasteiger partial charge in [-0.05, 0) is 67.9 Å². The molecule has 3 fully saturated rings. The van der Waals surface area contributed by atoms with E-state index in [1.807, 2.05) is 0 Å². The quantitative estimate of drug-likeness (QED) is 0.454. The molecule has 3 aliphatic rings. The highest BCUT2D eigenvalue weighted by atomic mass is 35.5. The van der Waals surface area contributed by atoms with Crippen LogP contribution in [0.1, 0.15) is 36.0 Å². The number of rotatable bonds is 7. The van der Waals surface area contributed by atoms with Crippen molar-refractivity contribution in [3.63, 3.8) is 0 Å². The summed E-state index contributed by atoms with van der Waals surface area (Å²) in [6, 6.07) is 6.57. The van der Waals surface area contributed by atoms with E-state index >= 15 is 0 Å². The minimum atomic E-state index is -4.07. The van der Waals surface area contributed by atoms with Crippen LogP contribution in [0, 0.1) is 23.5 Å². The summed E-state index contributed by atoms with van der Waals surface area (Å²) in [6.45, 7) is 0.396. The van der Waals surface area contributed by atoms with Gasteiger partial charge in [-0.15, -0.1) is 0 Å². The van der Waals surface area contributed by atoms with Gasteiger partial charge in [0.15, 0.2) is 21.5 Å². The lowest BCUT2D eigenvalue weighted by Crippen LogP contribution is -2.58. The topological polar surface area (TPSA) is 133 Å². The molecule has 5 atom stereocenters. The summed E-state index contributed by atoms with van der Waals surface area (Å²) in [5, 5.41) is 23.9. The van der Waals surface area contributed by atoms with E-state index in [1.54, 1.807) is 0 Å². The monoisotopic (exact) mass is 584 g/mol. The van der Waals surface area contributed by atoms with Crippen LogP contribution in [-0.4, -0.2) is 72.2 Å². The number of hydrogen-bond donors (Lipinski definition) is 3. The molecule has 2 amide bonds. The molecule has 3 N–H and O–H groups in total. The van der Waals surface area contributed by atoms with Crippen molar-refractivity contribution >= 4 is 39.1 Å². The van der Waals surface area contributed by atoms with E-state index in [0.717, 1.165) is 18.2 Å². The van der Waals surface area contributed by atoms with Gasteiger partial charge >= 0.3 is 6.09 Å². The molecule has 39 heavy (non-hydrogen) atoms. The number of aliphatic hydroxyl groups is 2. The summed E-state index contributed by atoms with van der Waals surface area (Å²) in [5.74, 6) is -4.01. The number of ether oxygens (including phenoxy) is 1. The molecule has 0 aromatic heterocycles. The Labute approximate surface area is 228 Å². The number of cyclic esters (lactones) is 1. The van der Waals surface area contributed by atoms with Crippen LogP contribution in [0.15, 0.2) is 41.3 Å². The van der Waals surface area contributed by atoms with Crippen LogP contribution in [0.5, 0.6) is 0 Å². The highest BCUT2D eigenvalue weighted by Gasteiger charge is 2.59. The summed E-state index contributed by atoms with van der Waals surface area (Å²) in [4.78, 5) is 25.6. The first-order chi connectivity index (χ1) is 18.4. The number of carbonyl (C=O) groups excluding carboxylic acids is 2. The van der Waals surface area contributed by atoms with Gasteiger partial charge in [0.05, 0.1) is 33.9 Å². The van der Waals surface area contributed by atoms with Crippen molar-refractivity contribution in [1.29, 1.82) is 0 Å². The summed E-state index contributed by atoms with van der Waals surface area (Å²) >= 11 is 6.27. The molecule has 3 unspecified atom stereocenters. The number of nitrogens with one attached hydrogen (secondary N) is 1. The number of anilines is 1. The number of hydrogen-bond acceptors (Lipinski definition) is 7. The maximum absolute atomic E-state index is 13.7. The normalized spacial score (nSPS) is 27.4. The molecule has 9 nitrogen and oxygen atoms in total. The fourth-order valence-corrected chi connectivity index (χ4v) is 8.51. The van der Waals surface area contributed by atoms with Gasteiger partial charge in [-0.3, -0.25) is 4.79 Å². The first-order valence-electron chi connectivity index (χ1n) is 12.5. The van der Waals surface area contributed by atoms with E-state index in [4.69, 9.17) is 16.3 Å². The summed E-state index contributed by atoms with van der Waals surface area (Å²) in [5.41, 5.74) is -1.61. The molecule has 0 spiro atoms. The lowest BCUT2D eigenvalue weighted by atomic mass is 9.71. The van der Waals surface area contributed by atoms with Crippen molar-refractivity contribution in [2.24, 2.45) is 11.8 Å². The van der Waals surface area contributed by atoms with Gasteiger partial charge in [0.25, 0.3) is 5.91 Å². The van der Waals surface area contributed by atoms with Crippen LogP contribution < -0.4 is 5.32 Å². The maximum atomic E-state index is 13.7. The molecule has 2 aromatic carbocycles. The third-order valence-corrected chi connectivity index (χ3v) is 10.8. The molecule has 2 aromatic rings. The number of benzene rings is 2. The van der Waals surface area contributed by atoms with Crippen LogP contribution >= 0.6 is 11.6 Å². The molecule has 2 bridgehead atoms. The SMILES string of the molecule is O=C(Nc1ccc(F)c(F)c1)c1ccc(Cl)c(S(=O)(=O)C2C[C@H]3CC[C@@H](C2)C3(O)C(O)CN2CCOC2=O)c1. The fraction of sp³-hybridized carbons (Fsp3) is 0.462. The van der Waals surface area contributed by atoms with Crippen LogP contribution in [0.25, 0.3) is 0 Å². The predicted molar refractivity (Wildman–Crippen MR) is 136 cm³/mol. The lowest BCUT2D eigenvalue weighted by molar-refractivity contribution is -0.145. The number of sulfone groups is 1. The van der Waals surface area contributed by atoms with Crippen molar-refractivity contribution in [2.45, 2.75) is 47.5 Å². The Hall–Kier alpha value is -2.80. The molecule has 1 heterocycles. The van der Waals surface area contributed by atoms with Crippen LogP contribution in [0.2, 0.25) is 5.02 Å². The zero-order valence-corrected chi connectivity index (χ0v) is 22.2. The van der Waals surface area contributed by atoms with E-state index in [0.29, 0.717) is 19.4 Å². The zero-order chi connectivity index (χ0) is 28.1. The molecule has 210 valence electrons. The Morgan fingerprint density at radius 2 is 1.85 bits per heavy atom. The van der Waals surface area contributed by atoms with Gasteiger partial charge in [0.1, 0.15) is 12.7 Å². The second-order valence-electron chi connectivity index (χ2n) is 10.3. The highest BCUT2D eigenvalue weighted by Crippen LogP contribution is 2.53. The van der Waals surface area contributed by atoms with E-state index in [-0.39, 0.29) is 47.2 Å². The van der Waals surface area contributed by atoms with Crippen LogP contribution in [0.3, 0.4) is 0 Å². The molecule has 2 saturated carbocycles. The van der Waals surface area contributed by atoms with Gasteiger partial charge in [0.2, 0.25) is 0 Å². The van der Waals surface area contributed by atoms with Gasteiger partial charge in [0, 0.05) is 17.3 Å². The first kappa shape index (κ1) is 27.8. The molecule has 1 aliphatic heterocycles. The standard InChI is InChI=1S/C26H27ClF2N2O7S/c27-19-5-1-14(24(33)30-17-4-6-20(28)21(29)12-17)9-22(19)39(36,37)18-10-15-2-3-16(11-18)26(15,35)23(32)13-31-7-8-38-25(31)34/h1,4-6,9,12,15-16,18,23,32,35H,2-3,7-8,10-11,13H2,(H,30,33)/t15-,16+,18?,23?,26?. The van der Waals surface area contributed by atoms with E-state index < -0.39 is 62.3 Å². The summed E-state index contributed by atoms with van der Waals surface area (Å²) in [6.07, 6.45) is -0.671. The smallest absolute Gasteiger partial charge is 0.410 e. The van der Waals surface area contributed by atoms with Gasteiger partial charge in [-0.25, -0.2) is 22.0 Å². The fourth-order valence-electron chi connectivity index (χ4n) is 6.11. The first-order valence-corrected chi connectivity index (χ1v) is 14.5. The molecular weight excluding hydrogens is 558 g/mol. The van der Waals surface area contributed by atoms with Crippen molar-refractivity contribution in [3.8, 4) is 0 Å². The summed E-state index contributed by atoms with van der Waals surface area (Å²) in [7, 11) is -4.07. The summed E-state index contributed by atoms with van der Waals surface area (Å²) < 4.78 is 59.1. The van der Waals surface area contributed by atoms with Crippen molar-refractivity contribution in [3.05, 3.63) is 58.6 Å².